The van der Waals surface area contributed by atoms with E-state index in [-0.39, 0.29) is 11.8 Å². The van der Waals surface area contributed by atoms with Crippen LogP contribution in [0.15, 0.2) is 48.5 Å². The van der Waals surface area contributed by atoms with Crippen LogP contribution >= 0.6 is 0 Å². The van der Waals surface area contributed by atoms with Gasteiger partial charge in [0.05, 0.1) is 19.9 Å². The maximum atomic E-state index is 11.2. The fraction of sp³-hybridized carbons (Fsp3) is 0.562. The van der Waals surface area contributed by atoms with Crippen molar-refractivity contribution < 1.29 is 19.1 Å². The molecule has 40 heavy (non-hydrogen) atoms. The van der Waals surface area contributed by atoms with Crippen LogP contribution in [0, 0.1) is 0 Å². The summed E-state index contributed by atoms with van der Waals surface area (Å²) in [7, 11) is 3.36. The predicted octanol–water partition coefficient (Wildman–Crippen LogP) is 5.81. The first kappa shape index (κ1) is 36.6. The van der Waals surface area contributed by atoms with Crippen LogP contribution in [0.4, 0.5) is 11.4 Å². The molecule has 0 aliphatic carbocycles. The van der Waals surface area contributed by atoms with Gasteiger partial charge in [0.2, 0.25) is 11.8 Å². The quantitative estimate of drug-likeness (QED) is 0.472. The number of methoxy groups -OCH3 is 2. The predicted molar refractivity (Wildman–Crippen MR) is 169 cm³/mol. The first-order valence-electron chi connectivity index (χ1n) is 14.7. The second-order valence-electron chi connectivity index (χ2n) is 8.36. The normalized spacial score (nSPS) is 13.9. The third-order valence-corrected chi connectivity index (χ3v) is 6.29. The Morgan fingerprint density at radius 2 is 1.07 bits per heavy atom. The van der Waals surface area contributed by atoms with E-state index >= 15 is 0 Å². The van der Waals surface area contributed by atoms with Crippen molar-refractivity contribution in [1.29, 1.82) is 0 Å². The first-order valence-corrected chi connectivity index (χ1v) is 14.7. The third-order valence-electron chi connectivity index (χ3n) is 6.29. The largest absolute Gasteiger partial charge is 0.497 e. The molecule has 8 heteroatoms. The molecule has 2 aliphatic rings. The standard InChI is InChI=1S/2C13H18N2O2.3C2H6/c1-11(16)14-6-8-15(9-7-14)12-4-3-5-13(10-12)17-2;1-11(16)14-7-9-15(10-8-14)12-5-3-4-6-13(12)17-2;3*1-2/h3-5,10H,6-9H2,1-2H3;3-6H,7-10H2,1-2H3;3*1-2H3. The summed E-state index contributed by atoms with van der Waals surface area (Å²) >= 11 is 0. The highest BCUT2D eigenvalue weighted by Crippen LogP contribution is 2.28. The lowest BCUT2D eigenvalue weighted by molar-refractivity contribution is -0.129. The Labute approximate surface area is 243 Å². The Kier molecular flexibility index (Phi) is 19.6. The lowest BCUT2D eigenvalue weighted by Crippen LogP contribution is -2.48. The minimum absolute atomic E-state index is 0.157. The van der Waals surface area contributed by atoms with Gasteiger partial charge in [0.1, 0.15) is 11.5 Å². The third kappa shape index (κ3) is 11.8. The fourth-order valence-electron chi connectivity index (χ4n) is 4.24. The van der Waals surface area contributed by atoms with Crippen molar-refractivity contribution in [2.45, 2.75) is 55.4 Å². The number of hydrogen-bond acceptors (Lipinski definition) is 6. The summed E-state index contributed by atoms with van der Waals surface area (Å²) in [4.78, 5) is 30.8. The zero-order chi connectivity index (χ0) is 30.5. The Hall–Kier alpha value is -3.42. The molecular formula is C32H54N4O4. The second-order valence-corrected chi connectivity index (χ2v) is 8.36. The van der Waals surface area contributed by atoms with E-state index in [1.165, 1.54) is 0 Å². The van der Waals surface area contributed by atoms with E-state index in [9.17, 15) is 9.59 Å². The molecule has 8 nitrogen and oxygen atoms in total. The number of benzene rings is 2. The number of para-hydroxylation sites is 2. The SMILES string of the molecule is CC.CC.CC.COc1cccc(N2CCN(C(C)=O)CC2)c1.COc1ccccc1N1CCN(C(C)=O)CC1. The van der Waals surface area contributed by atoms with Crippen molar-refractivity contribution in [3.05, 3.63) is 48.5 Å². The molecule has 0 atom stereocenters. The number of carbonyl (C=O) groups excluding carboxylic acids is 2. The number of hydrogen-bond donors (Lipinski definition) is 0. The van der Waals surface area contributed by atoms with Gasteiger partial charge in [0.15, 0.2) is 0 Å². The van der Waals surface area contributed by atoms with Gasteiger partial charge in [-0.05, 0) is 24.3 Å². The first-order chi connectivity index (χ1) is 19.4. The van der Waals surface area contributed by atoms with E-state index in [1.54, 1.807) is 28.1 Å². The van der Waals surface area contributed by atoms with E-state index in [2.05, 4.69) is 21.9 Å². The van der Waals surface area contributed by atoms with Crippen LogP contribution in [-0.2, 0) is 9.59 Å². The summed E-state index contributed by atoms with van der Waals surface area (Å²) in [5.74, 6) is 2.08. The Morgan fingerprint density at radius 3 is 1.52 bits per heavy atom. The summed E-state index contributed by atoms with van der Waals surface area (Å²) in [6, 6.07) is 16.0. The fourth-order valence-corrected chi connectivity index (χ4v) is 4.24. The van der Waals surface area contributed by atoms with Gasteiger partial charge in [-0.3, -0.25) is 9.59 Å². The van der Waals surface area contributed by atoms with Crippen LogP contribution in [0.25, 0.3) is 0 Å². The Balaban J connectivity index is 0.000000641. The van der Waals surface area contributed by atoms with E-state index in [4.69, 9.17) is 9.47 Å². The molecule has 0 spiro atoms. The lowest BCUT2D eigenvalue weighted by Gasteiger charge is -2.36. The topological polar surface area (TPSA) is 65.6 Å². The van der Waals surface area contributed by atoms with Crippen LogP contribution in [0.1, 0.15) is 55.4 Å². The molecule has 2 fully saturated rings. The molecular weight excluding hydrogens is 504 g/mol. The van der Waals surface area contributed by atoms with Gasteiger partial charge in [0.25, 0.3) is 0 Å². The molecule has 226 valence electrons. The van der Waals surface area contributed by atoms with Crippen LogP contribution in [0.2, 0.25) is 0 Å². The van der Waals surface area contributed by atoms with Crippen molar-refractivity contribution in [2.75, 3.05) is 76.4 Å². The monoisotopic (exact) mass is 558 g/mol. The maximum absolute atomic E-state index is 11.2. The highest BCUT2D eigenvalue weighted by molar-refractivity contribution is 5.74. The molecule has 0 unspecified atom stereocenters. The lowest BCUT2D eigenvalue weighted by atomic mass is 10.2. The molecule has 0 saturated carbocycles. The number of piperazine rings is 2. The van der Waals surface area contributed by atoms with E-state index in [0.29, 0.717) is 0 Å². The van der Waals surface area contributed by atoms with E-state index < -0.39 is 0 Å². The summed E-state index contributed by atoms with van der Waals surface area (Å²) in [6.45, 7) is 21.9. The van der Waals surface area contributed by atoms with Gasteiger partial charge in [-0.25, -0.2) is 0 Å². The summed E-state index contributed by atoms with van der Waals surface area (Å²) in [6.07, 6.45) is 0. The van der Waals surface area contributed by atoms with Gasteiger partial charge in [0, 0.05) is 78.0 Å². The number of carbonyl (C=O) groups is 2. The van der Waals surface area contributed by atoms with Gasteiger partial charge in [-0.15, -0.1) is 0 Å². The zero-order valence-electron chi connectivity index (χ0n) is 26.7. The zero-order valence-corrected chi connectivity index (χ0v) is 26.7. The van der Waals surface area contributed by atoms with E-state index in [0.717, 1.165) is 75.2 Å². The van der Waals surface area contributed by atoms with Gasteiger partial charge in [-0.1, -0.05) is 59.7 Å². The van der Waals surface area contributed by atoms with Crippen LogP contribution < -0.4 is 19.3 Å². The van der Waals surface area contributed by atoms with Crippen LogP contribution in [0.5, 0.6) is 11.5 Å². The summed E-state index contributed by atoms with van der Waals surface area (Å²) in [5, 5.41) is 0. The van der Waals surface area contributed by atoms with Gasteiger partial charge in [-0.2, -0.15) is 0 Å². The van der Waals surface area contributed by atoms with Crippen LogP contribution in [0.3, 0.4) is 0 Å². The number of anilines is 2. The molecule has 0 aromatic heterocycles. The highest BCUT2D eigenvalue weighted by atomic mass is 16.5. The molecule has 2 heterocycles. The van der Waals surface area contributed by atoms with Crippen molar-refractivity contribution >= 4 is 23.2 Å². The minimum Gasteiger partial charge on any atom is -0.497 e. The Morgan fingerprint density at radius 1 is 0.600 bits per heavy atom. The molecule has 0 bridgehead atoms. The average molecular weight is 559 g/mol. The number of nitrogens with zero attached hydrogens (tertiary/aromatic N) is 4. The van der Waals surface area contributed by atoms with Crippen molar-refractivity contribution in [2.24, 2.45) is 0 Å². The molecule has 2 saturated heterocycles. The molecule has 2 aliphatic heterocycles. The van der Waals surface area contributed by atoms with Crippen molar-refractivity contribution in [3.8, 4) is 11.5 Å². The highest BCUT2D eigenvalue weighted by Gasteiger charge is 2.21. The Bertz CT molecular complexity index is 953. The van der Waals surface area contributed by atoms with Crippen LogP contribution in [-0.4, -0.2) is 88.2 Å². The van der Waals surface area contributed by atoms with Gasteiger partial charge >= 0.3 is 0 Å². The summed E-state index contributed by atoms with van der Waals surface area (Å²) in [5.41, 5.74) is 2.27. The molecule has 0 N–H and O–H groups in total. The second kappa shape index (κ2) is 21.4. The smallest absolute Gasteiger partial charge is 0.219 e. The average Bonchev–Trinajstić information content (AvgIpc) is 3.04. The molecule has 2 aromatic carbocycles. The maximum Gasteiger partial charge on any atom is 0.219 e. The molecule has 4 rings (SSSR count). The summed E-state index contributed by atoms with van der Waals surface area (Å²) < 4.78 is 10.6. The number of ether oxygens (including phenoxy) is 2. The van der Waals surface area contributed by atoms with Crippen molar-refractivity contribution in [1.82, 2.24) is 9.80 Å². The van der Waals surface area contributed by atoms with E-state index in [1.807, 2.05) is 87.7 Å². The number of amides is 2. The molecule has 0 radical (unpaired) electrons. The van der Waals surface area contributed by atoms with Crippen molar-refractivity contribution in [3.63, 3.8) is 0 Å². The number of rotatable bonds is 4. The molecule has 2 aromatic rings. The van der Waals surface area contributed by atoms with Gasteiger partial charge < -0.3 is 29.1 Å². The molecule has 2 amide bonds. The minimum atomic E-state index is 0.157.